The Morgan fingerprint density at radius 3 is 1.93 bits per heavy atom. The number of carbonyl (C=O) groups is 3. The maximum absolute atomic E-state index is 12.5. The van der Waals surface area contributed by atoms with Crippen molar-refractivity contribution >= 4 is 18.0 Å². The molecule has 2 atom stereocenters. The van der Waals surface area contributed by atoms with E-state index < -0.39 is 24.1 Å². The van der Waals surface area contributed by atoms with E-state index in [1.165, 1.54) is 0 Å². The Balaban J connectivity index is 1.95. The topological polar surface area (TPSA) is 90.9 Å². The van der Waals surface area contributed by atoms with Gasteiger partial charge in [-0.25, -0.2) is 9.59 Å². The van der Waals surface area contributed by atoms with Gasteiger partial charge in [-0.2, -0.15) is 0 Å². The average molecular weight is 413 g/mol. The van der Waals surface area contributed by atoms with Crippen molar-refractivity contribution in [1.29, 1.82) is 0 Å². The first-order chi connectivity index (χ1) is 14.5. The van der Waals surface area contributed by atoms with E-state index in [1.807, 2.05) is 55.5 Å². The summed E-state index contributed by atoms with van der Waals surface area (Å²) < 4.78 is 15.6. The van der Waals surface area contributed by atoms with Gasteiger partial charge in [0, 0.05) is 0 Å². The zero-order valence-corrected chi connectivity index (χ0v) is 17.2. The molecule has 1 unspecified atom stereocenters. The van der Waals surface area contributed by atoms with Crippen LogP contribution in [0.15, 0.2) is 60.7 Å². The molecule has 0 saturated carbocycles. The molecule has 0 aliphatic rings. The Bertz CT molecular complexity index is 809. The third-order valence-electron chi connectivity index (χ3n) is 4.29. The molecular weight excluding hydrogens is 386 g/mol. The molecule has 0 saturated heterocycles. The number of hydrogen-bond donors (Lipinski definition) is 1. The highest BCUT2D eigenvalue weighted by Gasteiger charge is 2.27. The molecule has 160 valence electrons. The lowest BCUT2D eigenvalue weighted by Gasteiger charge is -2.18. The first-order valence-corrected chi connectivity index (χ1v) is 9.85. The van der Waals surface area contributed by atoms with Crippen molar-refractivity contribution in [2.24, 2.45) is 0 Å². The zero-order valence-electron chi connectivity index (χ0n) is 17.2. The summed E-state index contributed by atoms with van der Waals surface area (Å²) >= 11 is 0. The van der Waals surface area contributed by atoms with Crippen molar-refractivity contribution in [3.8, 4) is 0 Å². The van der Waals surface area contributed by atoms with Crippen LogP contribution in [-0.4, -0.2) is 30.2 Å². The van der Waals surface area contributed by atoms with Crippen molar-refractivity contribution in [2.75, 3.05) is 0 Å². The lowest BCUT2D eigenvalue weighted by atomic mass is 10.2. The summed E-state index contributed by atoms with van der Waals surface area (Å²) in [6, 6.07) is 17.0. The van der Waals surface area contributed by atoms with Gasteiger partial charge in [-0.3, -0.25) is 4.79 Å². The molecular formula is C23H27NO6. The van der Waals surface area contributed by atoms with Gasteiger partial charge in [-0.15, -0.1) is 0 Å². The van der Waals surface area contributed by atoms with Crippen LogP contribution in [0.3, 0.4) is 0 Å². The second kappa shape index (κ2) is 12.3. The maximum Gasteiger partial charge on any atom is 0.408 e. The molecule has 0 radical (unpaired) electrons. The Labute approximate surface area is 176 Å². The van der Waals surface area contributed by atoms with Crippen LogP contribution < -0.4 is 5.32 Å². The molecule has 7 nitrogen and oxygen atoms in total. The van der Waals surface area contributed by atoms with E-state index in [2.05, 4.69) is 5.32 Å². The number of hydrogen-bond acceptors (Lipinski definition) is 6. The van der Waals surface area contributed by atoms with E-state index in [-0.39, 0.29) is 25.7 Å². The molecule has 1 amide bonds. The minimum absolute atomic E-state index is 0.0251. The van der Waals surface area contributed by atoms with Crippen LogP contribution in [0, 0.1) is 0 Å². The number of amides is 1. The SMILES string of the molecule is CCC(C)OC(=O)C[C@H](NC(=O)OCc1ccccc1)C(=O)OCc1ccccc1. The third-order valence-corrected chi connectivity index (χ3v) is 4.29. The van der Waals surface area contributed by atoms with Crippen LogP contribution in [0.1, 0.15) is 37.8 Å². The van der Waals surface area contributed by atoms with Crippen molar-refractivity contribution < 1.29 is 28.6 Å². The molecule has 30 heavy (non-hydrogen) atoms. The Kier molecular flexibility index (Phi) is 9.37. The predicted octanol–water partition coefficient (Wildman–Crippen LogP) is 3.76. The highest BCUT2D eigenvalue weighted by atomic mass is 16.6. The number of benzene rings is 2. The highest BCUT2D eigenvalue weighted by Crippen LogP contribution is 2.08. The summed E-state index contributed by atoms with van der Waals surface area (Å²) in [5.74, 6) is -1.34. The van der Waals surface area contributed by atoms with E-state index in [4.69, 9.17) is 14.2 Å². The summed E-state index contributed by atoms with van der Waals surface area (Å²) in [5, 5.41) is 2.41. The lowest BCUT2D eigenvalue weighted by Crippen LogP contribution is -2.44. The monoisotopic (exact) mass is 413 g/mol. The molecule has 0 bridgehead atoms. The summed E-state index contributed by atoms with van der Waals surface area (Å²) in [6.45, 7) is 3.69. The van der Waals surface area contributed by atoms with E-state index >= 15 is 0 Å². The van der Waals surface area contributed by atoms with Gasteiger partial charge < -0.3 is 19.5 Å². The minimum Gasteiger partial charge on any atom is -0.463 e. The fourth-order valence-electron chi connectivity index (χ4n) is 2.45. The first-order valence-electron chi connectivity index (χ1n) is 9.85. The van der Waals surface area contributed by atoms with E-state index in [9.17, 15) is 14.4 Å². The quantitative estimate of drug-likeness (QED) is 0.471. The fourth-order valence-corrected chi connectivity index (χ4v) is 2.45. The van der Waals surface area contributed by atoms with Gasteiger partial charge in [-0.05, 0) is 24.5 Å². The average Bonchev–Trinajstić information content (AvgIpc) is 2.76. The normalized spacial score (nSPS) is 12.3. The van der Waals surface area contributed by atoms with Gasteiger partial charge in [0.2, 0.25) is 0 Å². The second-order valence-electron chi connectivity index (χ2n) is 6.76. The molecule has 1 N–H and O–H groups in total. The largest absolute Gasteiger partial charge is 0.463 e. The van der Waals surface area contributed by atoms with Crippen molar-refractivity contribution in [3.63, 3.8) is 0 Å². The maximum atomic E-state index is 12.5. The fraction of sp³-hybridized carbons (Fsp3) is 0.348. The number of nitrogens with one attached hydrogen (secondary N) is 1. The third kappa shape index (κ3) is 8.34. The number of alkyl carbamates (subject to hydrolysis) is 1. The molecule has 2 rings (SSSR count). The number of esters is 2. The van der Waals surface area contributed by atoms with E-state index in [0.717, 1.165) is 11.1 Å². The van der Waals surface area contributed by atoms with Crippen molar-refractivity contribution in [3.05, 3.63) is 71.8 Å². The van der Waals surface area contributed by atoms with Crippen LogP contribution >= 0.6 is 0 Å². The van der Waals surface area contributed by atoms with Gasteiger partial charge in [0.15, 0.2) is 0 Å². The van der Waals surface area contributed by atoms with Crippen molar-refractivity contribution in [1.82, 2.24) is 5.32 Å². The van der Waals surface area contributed by atoms with Gasteiger partial charge >= 0.3 is 18.0 Å². The Hall–Kier alpha value is -3.35. The molecule has 0 fully saturated rings. The first kappa shape index (κ1) is 22.9. The van der Waals surface area contributed by atoms with E-state index in [1.54, 1.807) is 19.1 Å². The van der Waals surface area contributed by atoms with Crippen LogP contribution in [0.5, 0.6) is 0 Å². The van der Waals surface area contributed by atoms with Gasteiger partial charge in [0.25, 0.3) is 0 Å². The summed E-state index contributed by atoms with van der Waals surface area (Å²) in [7, 11) is 0. The number of carbonyl (C=O) groups excluding carboxylic acids is 3. The summed E-state index contributed by atoms with van der Waals surface area (Å²) in [4.78, 5) is 36.8. The standard InChI is InChI=1S/C23H27NO6/c1-3-17(2)30-21(25)14-20(22(26)28-15-18-10-6-4-7-11-18)24-23(27)29-16-19-12-8-5-9-13-19/h4-13,17,20H,3,14-16H2,1-2H3,(H,24,27)/t17?,20-/m0/s1. The smallest absolute Gasteiger partial charge is 0.408 e. The van der Waals surface area contributed by atoms with Gasteiger partial charge in [0.1, 0.15) is 19.3 Å². The Morgan fingerprint density at radius 2 is 1.40 bits per heavy atom. The summed E-state index contributed by atoms with van der Waals surface area (Å²) in [6.07, 6.45) is -0.819. The van der Waals surface area contributed by atoms with E-state index in [0.29, 0.717) is 6.42 Å². The van der Waals surface area contributed by atoms with Gasteiger partial charge in [-0.1, -0.05) is 67.6 Å². The number of rotatable bonds is 10. The van der Waals surface area contributed by atoms with Gasteiger partial charge in [0.05, 0.1) is 12.5 Å². The highest BCUT2D eigenvalue weighted by molar-refractivity contribution is 5.86. The molecule has 2 aromatic rings. The van der Waals surface area contributed by atoms with Crippen LogP contribution in [0.25, 0.3) is 0 Å². The molecule has 0 aliphatic carbocycles. The summed E-state index contributed by atoms with van der Waals surface area (Å²) in [5.41, 5.74) is 1.59. The van der Waals surface area contributed by atoms with Crippen LogP contribution in [0.2, 0.25) is 0 Å². The predicted molar refractivity (Wildman–Crippen MR) is 110 cm³/mol. The second-order valence-corrected chi connectivity index (χ2v) is 6.76. The lowest BCUT2D eigenvalue weighted by molar-refractivity contribution is -0.155. The minimum atomic E-state index is -1.21. The van der Waals surface area contributed by atoms with Crippen LogP contribution in [0.4, 0.5) is 4.79 Å². The van der Waals surface area contributed by atoms with Crippen molar-refractivity contribution in [2.45, 2.75) is 52.0 Å². The number of ether oxygens (including phenoxy) is 3. The zero-order chi connectivity index (χ0) is 21.8. The molecule has 0 spiro atoms. The molecule has 2 aromatic carbocycles. The Morgan fingerprint density at radius 1 is 0.867 bits per heavy atom. The van der Waals surface area contributed by atoms with Crippen LogP contribution in [-0.2, 0) is 37.0 Å². The molecule has 0 heterocycles. The molecule has 0 aliphatic heterocycles. The molecule has 7 heteroatoms. The molecule has 0 aromatic heterocycles.